The Bertz CT molecular complexity index is 1320. The van der Waals surface area contributed by atoms with E-state index in [1.807, 2.05) is 90.5 Å². The van der Waals surface area contributed by atoms with Crippen LogP contribution in [0, 0.1) is 0 Å². The number of nitrogens with zero attached hydrogens (tertiary/aromatic N) is 4. The van der Waals surface area contributed by atoms with Gasteiger partial charge in [-0.2, -0.15) is 5.10 Å². The fraction of sp³-hybridized carbons (Fsp3) is 0.154. The number of fused-ring (bicyclic) bond motifs is 1. The van der Waals surface area contributed by atoms with Crippen molar-refractivity contribution in [3.8, 4) is 5.75 Å². The molecule has 8 heteroatoms. The standard InChI is InChI=1S/C26H23N5O2S/c1-31-17-27-30-26(31)34-16-18-11-13-20(14-12-18)25(32)29-28-22-15-24(19-7-3-2-4-8-19)33-23-10-6-5-9-21(22)23/h2-14,17,24H,15-16H2,1H3,(H,29,32). The van der Waals surface area contributed by atoms with Gasteiger partial charge in [-0.1, -0.05) is 66.4 Å². The fourth-order valence-corrected chi connectivity index (χ4v) is 4.58. The quantitative estimate of drug-likeness (QED) is 0.325. The molecule has 3 aromatic carbocycles. The zero-order valence-electron chi connectivity index (χ0n) is 18.6. The predicted octanol–water partition coefficient (Wildman–Crippen LogP) is 4.77. The topological polar surface area (TPSA) is 81.4 Å². The molecule has 0 spiro atoms. The van der Waals surface area contributed by atoms with Crippen LogP contribution in [0.5, 0.6) is 5.75 Å². The molecule has 0 fully saturated rings. The zero-order chi connectivity index (χ0) is 23.3. The van der Waals surface area contributed by atoms with Crippen LogP contribution in [0.15, 0.2) is 95.4 Å². The van der Waals surface area contributed by atoms with Gasteiger partial charge in [-0.15, -0.1) is 10.2 Å². The first-order chi connectivity index (χ1) is 16.7. The molecule has 1 amide bonds. The maximum Gasteiger partial charge on any atom is 0.271 e. The molecule has 0 aliphatic carbocycles. The van der Waals surface area contributed by atoms with Crippen molar-refractivity contribution in [1.29, 1.82) is 0 Å². The summed E-state index contributed by atoms with van der Waals surface area (Å²) in [6.07, 6.45) is 2.09. The zero-order valence-corrected chi connectivity index (χ0v) is 19.4. The lowest BCUT2D eigenvalue weighted by Gasteiger charge is -2.27. The van der Waals surface area contributed by atoms with E-state index in [2.05, 4.69) is 20.7 Å². The largest absolute Gasteiger partial charge is 0.485 e. The summed E-state index contributed by atoms with van der Waals surface area (Å²) >= 11 is 1.60. The number of ether oxygens (including phenoxy) is 1. The summed E-state index contributed by atoms with van der Waals surface area (Å²) in [7, 11) is 1.91. The van der Waals surface area contributed by atoms with Crippen molar-refractivity contribution in [2.45, 2.75) is 23.4 Å². The van der Waals surface area contributed by atoms with E-state index < -0.39 is 0 Å². The molecule has 0 saturated heterocycles. The molecule has 1 N–H and O–H groups in total. The summed E-state index contributed by atoms with van der Waals surface area (Å²) in [6, 6.07) is 25.3. The second-order valence-electron chi connectivity index (χ2n) is 7.93. The molecule has 34 heavy (non-hydrogen) atoms. The summed E-state index contributed by atoms with van der Waals surface area (Å²) < 4.78 is 8.08. The maximum absolute atomic E-state index is 12.8. The van der Waals surface area contributed by atoms with Gasteiger partial charge in [0.15, 0.2) is 5.16 Å². The maximum atomic E-state index is 12.8. The van der Waals surface area contributed by atoms with Crippen LogP contribution in [0.3, 0.4) is 0 Å². The van der Waals surface area contributed by atoms with E-state index in [1.165, 1.54) is 0 Å². The van der Waals surface area contributed by atoms with Crippen molar-refractivity contribution in [3.05, 3.63) is 107 Å². The van der Waals surface area contributed by atoms with Gasteiger partial charge in [0.25, 0.3) is 5.91 Å². The van der Waals surface area contributed by atoms with Gasteiger partial charge in [-0.3, -0.25) is 4.79 Å². The average Bonchev–Trinajstić information content (AvgIpc) is 3.31. The van der Waals surface area contributed by atoms with Crippen LogP contribution in [0.25, 0.3) is 0 Å². The first-order valence-electron chi connectivity index (χ1n) is 10.9. The number of nitrogens with one attached hydrogen (secondary N) is 1. The highest BCUT2D eigenvalue weighted by atomic mass is 32.2. The third-order valence-electron chi connectivity index (χ3n) is 5.56. The molecule has 5 rings (SSSR count). The number of para-hydroxylation sites is 1. The van der Waals surface area contributed by atoms with Gasteiger partial charge >= 0.3 is 0 Å². The summed E-state index contributed by atoms with van der Waals surface area (Å²) in [5.74, 6) is 1.26. The van der Waals surface area contributed by atoms with E-state index in [4.69, 9.17) is 4.74 Å². The Morgan fingerprint density at radius 2 is 1.85 bits per heavy atom. The Kier molecular flexibility index (Phi) is 6.40. The van der Waals surface area contributed by atoms with Gasteiger partial charge < -0.3 is 9.30 Å². The minimum atomic E-state index is -0.250. The molecule has 7 nitrogen and oxygen atoms in total. The minimum absolute atomic E-state index is 0.155. The molecule has 2 heterocycles. The van der Waals surface area contributed by atoms with Crippen molar-refractivity contribution in [2.75, 3.05) is 0 Å². The molecule has 0 saturated carbocycles. The van der Waals surface area contributed by atoms with Crippen molar-refractivity contribution < 1.29 is 9.53 Å². The molecule has 1 aliphatic rings. The highest BCUT2D eigenvalue weighted by molar-refractivity contribution is 7.98. The molecule has 0 radical (unpaired) electrons. The second kappa shape index (κ2) is 9.93. The molecule has 170 valence electrons. The van der Waals surface area contributed by atoms with Crippen LogP contribution in [0.4, 0.5) is 0 Å². The number of thioether (sulfide) groups is 1. The number of rotatable bonds is 6. The Hall–Kier alpha value is -3.91. The lowest BCUT2D eigenvalue weighted by atomic mass is 9.96. The number of carbonyl (C=O) groups is 1. The number of carbonyl (C=O) groups excluding carboxylic acids is 1. The van der Waals surface area contributed by atoms with Crippen LogP contribution in [-0.4, -0.2) is 26.4 Å². The van der Waals surface area contributed by atoms with Crippen LogP contribution < -0.4 is 10.2 Å². The molecule has 0 bridgehead atoms. The molecule has 1 aromatic heterocycles. The van der Waals surface area contributed by atoms with Gasteiger partial charge in [0.2, 0.25) is 0 Å². The van der Waals surface area contributed by atoms with Gasteiger partial charge in [-0.05, 0) is 35.4 Å². The fourth-order valence-electron chi connectivity index (χ4n) is 3.73. The van der Waals surface area contributed by atoms with E-state index in [1.54, 1.807) is 18.1 Å². The lowest BCUT2D eigenvalue weighted by molar-refractivity contribution is 0.0954. The number of aromatic nitrogens is 3. The number of hydrazone groups is 1. The molecular formula is C26H23N5O2S. The van der Waals surface area contributed by atoms with Crippen molar-refractivity contribution >= 4 is 23.4 Å². The first kappa shape index (κ1) is 21.9. The van der Waals surface area contributed by atoms with E-state index in [0.29, 0.717) is 12.0 Å². The first-order valence-corrected chi connectivity index (χ1v) is 11.9. The van der Waals surface area contributed by atoms with E-state index in [-0.39, 0.29) is 12.0 Å². The second-order valence-corrected chi connectivity index (χ2v) is 8.87. The van der Waals surface area contributed by atoms with Crippen LogP contribution in [-0.2, 0) is 12.8 Å². The van der Waals surface area contributed by atoms with Crippen molar-refractivity contribution in [2.24, 2.45) is 12.1 Å². The van der Waals surface area contributed by atoms with Crippen LogP contribution >= 0.6 is 11.8 Å². The summed E-state index contributed by atoms with van der Waals surface area (Å²) in [6.45, 7) is 0. The highest BCUT2D eigenvalue weighted by Crippen LogP contribution is 2.35. The van der Waals surface area contributed by atoms with Crippen molar-refractivity contribution in [1.82, 2.24) is 20.2 Å². The number of benzene rings is 3. The summed E-state index contributed by atoms with van der Waals surface area (Å²) in [5, 5.41) is 13.3. The molecular weight excluding hydrogens is 446 g/mol. The molecule has 4 aromatic rings. The van der Waals surface area contributed by atoms with Gasteiger partial charge in [0, 0.05) is 30.3 Å². The minimum Gasteiger partial charge on any atom is -0.485 e. The van der Waals surface area contributed by atoms with E-state index in [9.17, 15) is 4.79 Å². The van der Waals surface area contributed by atoms with E-state index >= 15 is 0 Å². The van der Waals surface area contributed by atoms with Gasteiger partial charge in [-0.25, -0.2) is 5.43 Å². The van der Waals surface area contributed by atoms with Crippen LogP contribution in [0.1, 0.15) is 39.6 Å². The van der Waals surface area contributed by atoms with Gasteiger partial charge in [0.05, 0.1) is 5.71 Å². The third kappa shape index (κ3) is 4.87. The Morgan fingerprint density at radius 1 is 1.09 bits per heavy atom. The number of hydrogen-bond acceptors (Lipinski definition) is 6. The van der Waals surface area contributed by atoms with Crippen LogP contribution in [0.2, 0.25) is 0 Å². The SMILES string of the molecule is Cn1cnnc1SCc1ccc(C(=O)NN=C2CC(c3ccccc3)Oc3ccccc32)cc1. The van der Waals surface area contributed by atoms with E-state index in [0.717, 1.165) is 39.1 Å². The predicted molar refractivity (Wildman–Crippen MR) is 132 cm³/mol. The highest BCUT2D eigenvalue weighted by Gasteiger charge is 2.26. The summed E-state index contributed by atoms with van der Waals surface area (Å²) in [5.41, 5.74) is 7.14. The summed E-state index contributed by atoms with van der Waals surface area (Å²) in [4.78, 5) is 12.8. The molecule has 1 aliphatic heterocycles. The number of amides is 1. The Balaban J connectivity index is 1.28. The van der Waals surface area contributed by atoms with Gasteiger partial charge in [0.1, 0.15) is 18.2 Å². The Morgan fingerprint density at radius 3 is 2.62 bits per heavy atom. The third-order valence-corrected chi connectivity index (χ3v) is 6.67. The molecule has 1 atom stereocenters. The van der Waals surface area contributed by atoms with Crippen molar-refractivity contribution in [3.63, 3.8) is 0 Å². The average molecular weight is 470 g/mol. The monoisotopic (exact) mass is 469 g/mol. The Labute approximate surface area is 201 Å². The normalized spacial score (nSPS) is 16.0. The number of hydrogen-bond donors (Lipinski definition) is 1. The smallest absolute Gasteiger partial charge is 0.271 e. The lowest BCUT2D eigenvalue weighted by Crippen LogP contribution is -2.25. The number of aryl methyl sites for hydroxylation is 1. The molecule has 1 unspecified atom stereocenters.